The highest BCUT2D eigenvalue weighted by atomic mass is 16.5. The number of aliphatic hydroxyl groups excluding tert-OH is 1. The van der Waals surface area contributed by atoms with Crippen molar-refractivity contribution in [2.75, 3.05) is 20.8 Å². The first-order chi connectivity index (χ1) is 13.1. The number of aliphatic hydroxyl groups is 1. The molecule has 0 heterocycles. The summed E-state index contributed by atoms with van der Waals surface area (Å²) in [4.78, 5) is 11.8. The summed E-state index contributed by atoms with van der Waals surface area (Å²) in [6.45, 7) is 2.43. The number of esters is 1. The fourth-order valence-corrected chi connectivity index (χ4v) is 2.63. The summed E-state index contributed by atoms with van der Waals surface area (Å²) in [5.41, 5.74) is 2.16. The molecule has 140 valence electrons. The van der Waals surface area contributed by atoms with Crippen molar-refractivity contribution in [2.45, 2.75) is 13.3 Å². The zero-order valence-electron chi connectivity index (χ0n) is 15.5. The van der Waals surface area contributed by atoms with Gasteiger partial charge in [0.2, 0.25) is 0 Å². The third-order valence-electron chi connectivity index (χ3n) is 3.92. The van der Waals surface area contributed by atoms with Crippen LogP contribution in [-0.4, -0.2) is 31.9 Å². The summed E-state index contributed by atoms with van der Waals surface area (Å²) in [5, 5.41) is 19.1. The predicted octanol–water partition coefficient (Wildman–Crippen LogP) is 4.09. The highest BCUT2D eigenvalue weighted by Gasteiger charge is 2.18. The van der Waals surface area contributed by atoms with Gasteiger partial charge in [0.1, 0.15) is 17.2 Å². The van der Waals surface area contributed by atoms with Gasteiger partial charge in [0.15, 0.2) is 11.5 Å². The van der Waals surface area contributed by atoms with Crippen LogP contribution in [0.2, 0.25) is 0 Å². The van der Waals surface area contributed by atoms with Gasteiger partial charge in [-0.3, -0.25) is 0 Å². The summed E-state index contributed by atoms with van der Waals surface area (Å²) in [6, 6.07) is 12.6. The number of carbonyl (C=O) groups excluding carboxylic acids is 1. The minimum absolute atomic E-state index is 0.0221. The average molecular weight is 367 g/mol. The van der Waals surface area contributed by atoms with Crippen LogP contribution in [0.3, 0.4) is 0 Å². The van der Waals surface area contributed by atoms with E-state index < -0.39 is 5.97 Å². The first-order valence-corrected chi connectivity index (χ1v) is 8.38. The molecule has 0 aliphatic rings. The van der Waals surface area contributed by atoms with E-state index >= 15 is 0 Å². The number of nitrogens with zero attached hydrogens (tertiary/aromatic N) is 1. The molecule has 2 rings (SSSR count). The molecule has 0 bridgehead atoms. The normalized spacial score (nSPS) is 10.8. The Morgan fingerprint density at radius 2 is 2.04 bits per heavy atom. The fourth-order valence-electron chi connectivity index (χ4n) is 2.63. The SMILES string of the molecule is CCCOc1c(OC)ccc(-c2cccc(/C(=C/O)C(=O)OC)c2)c1C#N. The van der Waals surface area contributed by atoms with E-state index in [0.29, 0.717) is 46.6 Å². The van der Waals surface area contributed by atoms with Gasteiger partial charge in [-0.1, -0.05) is 25.1 Å². The number of ether oxygens (including phenoxy) is 3. The maximum Gasteiger partial charge on any atom is 0.341 e. The Bertz CT molecular complexity index is 896. The van der Waals surface area contributed by atoms with Gasteiger partial charge < -0.3 is 19.3 Å². The molecule has 0 unspecified atom stereocenters. The molecule has 0 saturated heterocycles. The standard InChI is InChI=1S/C21H21NO5/c1-4-10-27-20-17(12-22)16(8-9-19(20)25-2)14-6-5-7-15(11-14)18(13-23)21(24)26-3/h5-9,11,13,23H,4,10H2,1-3H3/b18-13-. The number of hydrogen-bond donors (Lipinski definition) is 1. The number of nitriles is 1. The zero-order chi connectivity index (χ0) is 19.8. The largest absolute Gasteiger partial charge is 0.515 e. The Balaban J connectivity index is 2.60. The highest BCUT2D eigenvalue weighted by molar-refractivity contribution is 6.16. The van der Waals surface area contributed by atoms with E-state index in [0.717, 1.165) is 6.42 Å². The highest BCUT2D eigenvalue weighted by Crippen LogP contribution is 2.38. The van der Waals surface area contributed by atoms with Crippen molar-refractivity contribution in [3.63, 3.8) is 0 Å². The molecule has 1 N–H and O–H groups in total. The van der Waals surface area contributed by atoms with E-state index in [1.165, 1.54) is 14.2 Å². The number of rotatable bonds is 7. The predicted molar refractivity (Wildman–Crippen MR) is 102 cm³/mol. The molecular formula is C21H21NO5. The molecule has 0 spiro atoms. The van der Waals surface area contributed by atoms with Gasteiger partial charge >= 0.3 is 5.97 Å². The van der Waals surface area contributed by atoms with Gasteiger partial charge in [-0.15, -0.1) is 0 Å². The lowest BCUT2D eigenvalue weighted by atomic mass is 9.95. The van der Waals surface area contributed by atoms with E-state index in [1.807, 2.05) is 13.0 Å². The van der Waals surface area contributed by atoms with Crippen molar-refractivity contribution in [3.05, 3.63) is 53.8 Å². The van der Waals surface area contributed by atoms with Crippen molar-refractivity contribution < 1.29 is 24.1 Å². The summed E-state index contributed by atoms with van der Waals surface area (Å²) < 4.78 is 15.8. The summed E-state index contributed by atoms with van der Waals surface area (Å²) in [5.74, 6) is 0.206. The Hall–Kier alpha value is -3.46. The van der Waals surface area contributed by atoms with Gasteiger partial charge in [-0.05, 0) is 35.7 Å². The number of hydrogen-bond acceptors (Lipinski definition) is 6. The summed E-state index contributed by atoms with van der Waals surface area (Å²) in [7, 11) is 2.76. The van der Waals surface area contributed by atoms with E-state index in [-0.39, 0.29) is 5.57 Å². The van der Waals surface area contributed by atoms with Crippen LogP contribution in [-0.2, 0) is 9.53 Å². The Labute approximate surface area is 158 Å². The summed E-state index contributed by atoms with van der Waals surface area (Å²) in [6.07, 6.45) is 1.50. The number of benzene rings is 2. The minimum Gasteiger partial charge on any atom is -0.515 e. The van der Waals surface area contributed by atoms with E-state index in [2.05, 4.69) is 10.8 Å². The van der Waals surface area contributed by atoms with Gasteiger partial charge in [-0.2, -0.15) is 5.26 Å². The molecule has 0 amide bonds. The second-order valence-corrected chi connectivity index (χ2v) is 5.59. The molecule has 0 saturated carbocycles. The molecule has 0 radical (unpaired) electrons. The van der Waals surface area contributed by atoms with Gasteiger partial charge in [0.25, 0.3) is 0 Å². The molecule has 6 nitrogen and oxygen atoms in total. The van der Waals surface area contributed by atoms with Gasteiger partial charge in [-0.25, -0.2) is 4.79 Å². The van der Waals surface area contributed by atoms with Crippen LogP contribution in [0.4, 0.5) is 0 Å². The third-order valence-corrected chi connectivity index (χ3v) is 3.92. The van der Waals surface area contributed by atoms with Crippen molar-refractivity contribution in [1.29, 1.82) is 5.26 Å². The van der Waals surface area contributed by atoms with Crippen molar-refractivity contribution >= 4 is 11.5 Å². The van der Waals surface area contributed by atoms with Gasteiger partial charge in [0, 0.05) is 5.56 Å². The Morgan fingerprint density at radius 3 is 2.63 bits per heavy atom. The van der Waals surface area contributed by atoms with E-state index in [4.69, 9.17) is 9.47 Å². The van der Waals surface area contributed by atoms with Crippen LogP contribution in [0.1, 0.15) is 24.5 Å². The lowest BCUT2D eigenvalue weighted by Crippen LogP contribution is -2.04. The van der Waals surface area contributed by atoms with Crippen molar-refractivity contribution in [2.24, 2.45) is 0 Å². The number of carbonyl (C=O) groups is 1. The van der Waals surface area contributed by atoms with E-state index in [9.17, 15) is 15.2 Å². The monoisotopic (exact) mass is 367 g/mol. The van der Waals surface area contributed by atoms with Crippen molar-refractivity contribution in [1.82, 2.24) is 0 Å². The Kier molecular flexibility index (Phi) is 6.84. The molecule has 2 aromatic carbocycles. The molecular weight excluding hydrogens is 346 g/mol. The molecule has 6 heteroatoms. The average Bonchev–Trinajstić information content (AvgIpc) is 2.71. The molecule has 0 aliphatic heterocycles. The lowest BCUT2D eigenvalue weighted by molar-refractivity contribution is -0.133. The Morgan fingerprint density at radius 1 is 1.26 bits per heavy atom. The lowest BCUT2D eigenvalue weighted by Gasteiger charge is -2.15. The molecule has 0 aromatic heterocycles. The quantitative estimate of drug-likeness (QED) is 0.450. The van der Waals surface area contributed by atoms with Crippen LogP contribution in [0.25, 0.3) is 16.7 Å². The fraction of sp³-hybridized carbons (Fsp3) is 0.238. The van der Waals surface area contributed by atoms with Crippen LogP contribution >= 0.6 is 0 Å². The summed E-state index contributed by atoms with van der Waals surface area (Å²) >= 11 is 0. The van der Waals surface area contributed by atoms with Crippen molar-refractivity contribution in [3.8, 4) is 28.7 Å². The minimum atomic E-state index is -0.656. The van der Waals surface area contributed by atoms with Crippen LogP contribution in [0.15, 0.2) is 42.7 Å². The maximum atomic E-state index is 11.8. The number of methoxy groups -OCH3 is 2. The molecule has 0 fully saturated rings. The topological polar surface area (TPSA) is 88.8 Å². The smallest absolute Gasteiger partial charge is 0.341 e. The second-order valence-electron chi connectivity index (χ2n) is 5.59. The third kappa shape index (κ3) is 4.21. The van der Waals surface area contributed by atoms with E-state index in [1.54, 1.807) is 30.3 Å². The van der Waals surface area contributed by atoms with Gasteiger partial charge in [0.05, 0.1) is 27.1 Å². The maximum absolute atomic E-state index is 11.8. The molecule has 0 atom stereocenters. The molecule has 0 aliphatic carbocycles. The molecule has 2 aromatic rings. The van der Waals surface area contributed by atoms with Crippen LogP contribution in [0, 0.1) is 11.3 Å². The molecule has 27 heavy (non-hydrogen) atoms. The second kappa shape index (κ2) is 9.30. The zero-order valence-corrected chi connectivity index (χ0v) is 15.5. The first kappa shape index (κ1) is 19.9. The van der Waals surface area contributed by atoms with Crippen LogP contribution < -0.4 is 9.47 Å². The van der Waals surface area contributed by atoms with Crippen LogP contribution in [0.5, 0.6) is 11.5 Å². The first-order valence-electron chi connectivity index (χ1n) is 8.38.